The van der Waals surface area contributed by atoms with Crippen molar-refractivity contribution < 1.29 is 9.53 Å². The van der Waals surface area contributed by atoms with Gasteiger partial charge < -0.3 is 15.4 Å². The highest BCUT2D eigenvalue weighted by Gasteiger charge is 2.21. The predicted octanol–water partition coefficient (Wildman–Crippen LogP) is 2.80. The first-order chi connectivity index (χ1) is 9.66. The number of para-hydroxylation sites is 2. The zero-order valence-corrected chi connectivity index (χ0v) is 12.3. The smallest absolute Gasteiger partial charge is 0.241 e. The van der Waals surface area contributed by atoms with Gasteiger partial charge in [0.2, 0.25) is 5.91 Å². The number of amides is 1. The zero-order valence-electron chi connectivity index (χ0n) is 12.3. The summed E-state index contributed by atoms with van der Waals surface area (Å²) in [6.07, 6.45) is 3.16. The van der Waals surface area contributed by atoms with Gasteiger partial charge in [0, 0.05) is 0 Å². The Bertz CT molecular complexity index is 440. The van der Waals surface area contributed by atoms with E-state index in [0.29, 0.717) is 12.5 Å². The molecule has 1 fully saturated rings. The average Bonchev–Trinajstić information content (AvgIpc) is 2.47. The van der Waals surface area contributed by atoms with Gasteiger partial charge in [0.25, 0.3) is 0 Å². The minimum absolute atomic E-state index is 0.0327. The van der Waals surface area contributed by atoms with Gasteiger partial charge in [0.15, 0.2) is 0 Å². The van der Waals surface area contributed by atoms with Gasteiger partial charge in [-0.2, -0.15) is 0 Å². The first-order valence-corrected chi connectivity index (χ1v) is 7.43. The van der Waals surface area contributed by atoms with Gasteiger partial charge in [-0.05, 0) is 37.4 Å². The van der Waals surface area contributed by atoms with Crippen LogP contribution in [0.4, 0.5) is 5.69 Å². The fourth-order valence-corrected chi connectivity index (χ4v) is 2.25. The maximum Gasteiger partial charge on any atom is 0.241 e. The predicted molar refractivity (Wildman–Crippen MR) is 81.0 cm³/mol. The molecule has 1 aliphatic rings. The van der Waals surface area contributed by atoms with Crippen molar-refractivity contribution >= 4 is 11.6 Å². The Balaban J connectivity index is 1.98. The number of carbonyl (C=O) groups excluding carboxylic acids is 1. The fourth-order valence-electron chi connectivity index (χ4n) is 2.25. The largest absolute Gasteiger partial charge is 0.491 e. The number of hydrogen-bond donors (Lipinski definition) is 2. The molecule has 1 amide bonds. The Labute approximate surface area is 120 Å². The summed E-state index contributed by atoms with van der Waals surface area (Å²) in [7, 11) is 0. The molecule has 0 radical (unpaired) electrons. The number of piperidine rings is 1. The van der Waals surface area contributed by atoms with Crippen LogP contribution in [0.1, 0.15) is 33.1 Å². The van der Waals surface area contributed by atoms with E-state index in [-0.39, 0.29) is 11.9 Å². The van der Waals surface area contributed by atoms with E-state index in [1.807, 2.05) is 24.3 Å². The van der Waals surface area contributed by atoms with Gasteiger partial charge in [-0.15, -0.1) is 0 Å². The van der Waals surface area contributed by atoms with Crippen molar-refractivity contribution in [3.8, 4) is 5.75 Å². The quantitative estimate of drug-likeness (QED) is 0.869. The normalized spacial score (nSPS) is 18.9. The number of ether oxygens (including phenoxy) is 1. The molecule has 1 aromatic rings. The van der Waals surface area contributed by atoms with Gasteiger partial charge in [-0.25, -0.2) is 0 Å². The van der Waals surface area contributed by atoms with E-state index in [4.69, 9.17) is 4.74 Å². The molecule has 1 unspecified atom stereocenters. The summed E-state index contributed by atoms with van der Waals surface area (Å²) >= 11 is 0. The maximum absolute atomic E-state index is 12.2. The van der Waals surface area contributed by atoms with E-state index in [0.717, 1.165) is 37.2 Å². The lowest BCUT2D eigenvalue weighted by Crippen LogP contribution is -2.43. The zero-order chi connectivity index (χ0) is 14.4. The van der Waals surface area contributed by atoms with E-state index in [1.165, 1.54) is 0 Å². The second-order valence-corrected chi connectivity index (χ2v) is 5.69. The molecular formula is C16H24N2O2. The van der Waals surface area contributed by atoms with Gasteiger partial charge in [-0.3, -0.25) is 4.79 Å². The van der Waals surface area contributed by atoms with E-state index < -0.39 is 0 Å². The van der Waals surface area contributed by atoms with Crippen molar-refractivity contribution in [1.82, 2.24) is 5.32 Å². The summed E-state index contributed by atoms with van der Waals surface area (Å²) in [5, 5.41) is 6.23. The standard InChI is InChI=1S/C16H24N2O2/c1-12(2)11-20-15-9-4-3-7-13(15)18-16(19)14-8-5-6-10-17-14/h3-4,7,9,12,14,17H,5-6,8,10-11H2,1-2H3,(H,18,19). The summed E-state index contributed by atoms with van der Waals surface area (Å²) in [5.41, 5.74) is 0.755. The highest BCUT2D eigenvalue weighted by Crippen LogP contribution is 2.24. The molecule has 110 valence electrons. The second kappa shape index (κ2) is 7.29. The second-order valence-electron chi connectivity index (χ2n) is 5.69. The molecule has 2 N–H and O–H groups in total. The highest BCUT2D eigenvalue weighted by atomic mass is 16.5. The molecule has 4 heteroatoms. The maximum atomic E-state index is 12.2. The molecule has 0 spiro atoms. The molecule has 1 aliphatic heterocycles. The number of anilines is 1. The van der Waals surface area contributed by atoms with Crippen LogP contribution in [0.15, 0.2) is 24.3 Å². The van der Waals surface area contributed by atoms with Crippen LogP contribution in [0, 0.1) is 5.92 Å². The number of benzene rings is 1. The van der Waals surface area contributed by atoms with E-state index in [9.17, 15) is 4.79 Å². The molecule has 4 nitrogen and oxygen atoms in total. The molecule has 2 rings (SSSR count). The lowest BCUT2D eigenvalue weighted by Gasteiger charge is -2.23. The van der Waals surface area contributed by atoms with Crippen molar-refractivity contribution in [3.05, 3.63) is 24.3 Å². The van der Waals surface area contributed by atoms with Gasteiger partial charge >= 0.3 is 0 Å². The molecule has 1 saturated heterocycles. The molecule has 1 heterocycles. The lowest BCUT2D eigenvalue weighted by molar-refractivity contribution is -0.118. The average molecular weight is 276 g/mol. The third-order valence-corrected chi connectivity index (χ3v) is 3.34. The Morgan fingerprint density at radius 2 is 2.20 bits per heavy atom. The summed E-state index contributed by atoms with van der Waals surface area (Å²) in [4.78, 5) is 12.2. The van der Waals surface area contributed by atoms with E-state index in [2.05, 4.69) is 24.5 Å². The highest BCUT2D eigenvalue weighted by molar-refractivity contribution is 5.96. The van der Waals surface area contributed by atoms with Gasteiger partial charge in [0.05, 0.1) is 18.3 Å². The first-order valence-electron chi connectivity index (χ1n) is 7.43. The van der Waals surface area contributed by atoms with Crippen LogP contribution in [0.3, 0.4) is 0 Å². The van der Waals surface area contributed by atoms with E-state index >= 15 is 0 Å². The molecule has 0 aromatic heterocycles. The first kappa shape index (κ1) is 14.9. The monoisotopic (exact) mass is 276 g/mol. The summed E-state index contributed by atoms with van der Waals surface area (Å²) in [6.45, 7) is 5.78. The summed E-state index contributed by atoms with van der Waals surface area (Å²) in [6, 6.07) is 7.53. The Morgan fingerprint density at radius 1 is 1.40 bits per heavy atom. The molecule has 0 saturated carbocycles. The minimum atomic E-state index is -0.0816. The van der Waals surface area contributed by atoms with Crippen LogP contribution in [0.5, 0.6) is 5.75 Å². The Hall–Kier alpha value is -1.55. The summed E-state index contributed by atoms with van der Waals surface area (Å²) in [5.74, 6) is 1.23. The van der Waals surface area contributed by atoms with Crippen LogP contribution >= 0.6 is 0 Å². The number of nitrogens with one attached hydrogen (secondary N) is 2. The van der Waals surface area contributed by atoms with Crippen LogP contribution in [0.25, 0.3) is 0 Å². The van der Waals surface area contributed by atoms with Crippen LogP contribution < -0.4 is 15.4 Å². The Morgan fingerprint density at radius 3 is 2.90 bits per heavy atom. The number of carbonyl (C=O) groups is 1. The lowest BCUT2D eigenvalue weighted by atomic mass is 10.0. The van der Waals surface area contributed by atoms with Crippen molar-refractivity contribution in [2.45, 2.75) is 39.2 Å². The Kier molecular flexibility index (Phi) is 5.41. The molecule has 0 aliphatic carbocycles. The SMILES string of the molecule is CC(C)COc1ccccc1NC(=O)C1CCCCN1. The molecule has 20 heavy (non-hydrogen) atoms. The molecule has 1 atom stereocenters. The van der Waals surface area contributed by atoms with Gasteiger partial charge in [0.1, 0.15) is 5.75 Å². The van der Waals surface area contributed by atoms with Crippen molar-refractivity contribution in [2.24, 2.45) is 5.92 Å². The third kappa shape index (κ3) is 4.23. The van der Waals surface area contributed by atoms with Gasteiger partial charge in [-0.1, -0.05) is 32.4 Å². The topological polar surface area (TPSA) is 50.4 Å². The minimum Gasteiger partial charge on any atom is -0.491 e. The number of hydrogen-bond acceptors (Lipinski definition) is 3. The van der Waals surface area contributed by atoms with Crippen LogP contribution in [0.2, 0.25) is 0 Å². The van der Waals surface area contributed by atoms with E-state index in [1.54, 1.807) is 0 Å². The fraction of sp³-hybridized carbons (Fsp3) is 0.562. The van der Waals surface area contributed by atoms with Crippen molar-refractivity contribution in [2.75, 3.05) is 18.5 Å². The van der Waals surface area contributed by atoms with Crippen LogP contribution in [-0.4, -0.2) is 25.1 Å². The van der Waals surface area contributed by atoms with Crippen LogP contribution in [-0.2, 0) is 4.79 Å². The third-order valence-electron chi connectivity index (χ3n) is 3.34. The number of rotatable bonds is 5. The molecular weight excluding hydrogens is 252 g/mol. The molecule has 0 bridgehead atoms. The molecule has 1 aromatic carbocycles. The van der Waals surface area contributed by atoms with Crippen molar-refractivity contribution in [3.63, 3.8) is 0 Å². The summed E-state index contributed by atoms with van der Waals surface area (Å²) < 4.78 is 5.75. The van der Waals surface area contributed by atoms with Crippen molar-refractivity contribution in [1.29, 1.82) is 0 Å².